The summed E-state index contributed by atoms with van der Waals surface area (Å²) in [6.45, 7) is 5.41. The molecular weight excluding hydrogens is 274 g/mol. The molecule has 2 rings (SSSR count). The summed E-state index contributed by atoms with van der Waals surface area (Å²) in [5.41, 5.74) is 3.21. The molecule has 0 amide bonds. The number of aryl methyl sites for hydroxylation is 2. The largest absolute Gasteiger partial charge is 0.492 e. The van der Waals surface area contributed by atoms with E-state index in [2.05, 4.69) is 17.3 Å². The number of benzene rings is 1. The molecule has 1 aromatic carbocycles. The lowest BCUT2D eigenvalue weighted by atomic mass is 10.2. The van der Waals surface area contributed by atoms with Gasteiger partial charge in [-0.15, -0.1) is 0 Å². The molecule has 2 aromatic rings. The van der Waals surface area contributed by atoms with Crippen LogP contribution in [-0.4, -0.2) is 16.4 Å². The minimum Gasteiger partial charge on any atom is -0.492 e. The van der Waals surface area contributed by atoms with Gasteiger partial charge in [-0.1, -0.05) is 18.5 Å². The van der Waals surface area contributed by atoms with Gasteiger partial charge in [0, 0.05) is 30.4 Å². The van der Waals surface area contributed by atoms with Crippen LogP contribution >= 0.6 is 11.6 Å². The number of hydrogen-bond acceptors (Lipinski definition) is 3. The van der Waals surface area contributed by atoms with E-state index < -0.39 is 0 Å². The Bertz CT molecular complexity index is 580. The van der Waals surface area contributed by atoms with E-state index in [1.54, 1.807) is 0 Å². The van der Waals surface area contributed by atoms with E-state index in [1.807, 2.05) is 43.0 Å². The first-order valence-electron chi connectivity index (χ1n) is 6.81. The zero-order valence-electron chi connectivity index (χ0n) is 12.1. The number of ether oxygens (including phenoxy) is 1. The van der Waals surface area contributed by atoms with Gasteiger partial charge in [0.05, 0.1) is 18.0 Å². The Labute approximate surface area is 124 Å². The van der Waals surface area contributed by atoms with Crippen molar-refractivity contribution in [1.29, 1.82) is 0 Å². The second-order valence-electron chi connectivity index (χ2n) is 4.56. The maximum Gasteiger partial charge on any atom is 0.142 e. The zero-order valence-corrected chi connectivity index (χ0v) is 12.9. The van der Waals surface area contributed by atoms with E-state index in [0.29, 0.717) is 18.2 Å². The first kappa shape index (κ1) is 14.7. The Balaban J connectivity index is 2.15. The summed E-state index contributed by atoms with van der Waals surface area (Å²) >= 11 is 6.05. The quantitative estimate of drug-likeness (QED) is 0.883. The summed E-state index contributed by atoms with van der Waals surface area (Å²) in [4.78, 5) is 0. The van der Waals surface area contributed by atoms with Gasteiger partial charge in [0.1, 0.15) is 5.75 Å². The summed E-state index contributed by atoms with van der Waals surface area (Å²) in [5, 5.41) is 8.51. The first-order valence-corrected chi connectivity index (χ1v) is 7.19. The van der Waals surface area contributed by atoms with Crippen molar-refractivity contribution >= 4 is 17.3 Å². The Hall–Kier alpha value is -1.68. The molecule has 1 heterocycles. The molecule has 5 heteroatoms. The SMILES string of the molecule is CCOc1ccc(Cl)cc1NCc1cn(C)nc1CC. The normalized spacial score (nSPS) is 10.6. The van der Waals surface area contributed by atoms with E-state index in [0.717, 1.165) is 23.6 Å². The number of nitrogens with zero attached hydrogens (tertiary/aromatic N) is 2. The average molecular weight is 294 g/mol. The van der Waals surface area contributed by atoms with Crippen molar-refractivity contribution in [3.05, 3.63) is 40.7 Å². The van der Waals surface area contributed by atoms with Crippen molar-refractivity contribution in [2.24, 2.45) is 7.05 Å². The van der Waals surface area contributed by atoms with Crippen LogP contribution < -0.4 is 10.1 Å². The molecule has 0 aliphatic rings. The second-order valence-corrected chi connectivity index (χ2v) is 4.99. The van der Waals surface area contributed by atoms with Crippen molar-refractivity contribution in [3.8, 4) is 5.75 Å². The third kappa shape index (κ3) is 3.45. The lowest BCUT2D eigenvalue weighted by molar-refractivity contribution is 0.341. The molecule has 0 radical (unpaired) electrons. The van der Waals surface area contributed by atoms with Crippen molar-refractivity contribution in [3.63, 3.8) is 0 Å². The summed E-state index contributed by atoms with van der Waals surface area (Å²) in [7, 11) is 1.94. The Morgan fingerprint density at radius 1 is 1.35 bits per heavy atom. The summed E-state index contributed by atoms with van der Waals surface area (Å²) in [6, 6.07) is 5.60. The number of aromatic nitrogens is 2. The van der Waals surface area contributed by atoms with Crippen LogP contribution in [0.4, 0.5) is 5.69 Å². The molecule has 0 unspecified atom stereocenters. The van der Waals surface area contributed by atoms with Gasteiger partial charge in [-0.05, 0) is 31.5 Å². The molecule has 0 aliphatic heterocycles. The van der Waals surface area contributed by atoms with Gasteiger partial charge >= 0.3 is 0 Å². The van der Waals surface area contributed by atoms with Gasteiger partial charge in [0.2, 0.25) is 0 Å². The van der Waals surface area contributed by atoms with Crippen molar-refractivity contribution in [2.75, 3.05) is 11.9 Å². The fraction of sp³-hybridized carbons (Fsp3) is 0.400. The lowest BCUT2D eigenvalue weighted by Gasteiger charge is -2.12. The maximum absolute atomic E-state index is 6.05. The smallest absolute Gasteiger partial charge is 0.142 e. The van der Waals surface area contributed by atoms with Crippen LogP contribution in [0, 0.1) is 0 Å². The van der Waals surface area contributed by atoms with E-state index in [4.69, 9.17) is 16.3 Å². The van der Waals surface area contributed by atoms with E-state index in [-0.39, 0.29) is 0 Å². The molecule has 1 aromatic heterocycles. The zero-order chi connectivity index (χ0) is 14.5. The van der Waals surface area contributed by atoms with E-state index >= 15 is 0 Å². The maximum atomic E-state index is 6.05. The Morgan fingerprint density at radius 3 is 2.85 bits per heavy atom. The van der Waals surface area contributed by atoms with Crippen molar-refractivity contribution in [2.45, 2.75) is 26.8 Å². The molecule has 4 nitrogen and oxygen atoms in total. The van der Waals surface area contributed by atoms with Crippen LogP contribution in [0.1, 0.15) is 25.1 Å². The van der Waals surface area contributed by atoms with Crippen LogP contribution in [-0.2, 0) is 20.0 Å². The predicted octanol–water partition coefficient (Wildman–Crippen LogP) is 3.65. The molecule has 0 bridgehead atoms. The van der Waals surface area contributed by atoms with Gasteiger partial charge < -0.3 is 10.1 Å². The second kappa shape index (κ2) is 6.66. The summed E-state index contributed by atoms with van der Waals surface area (Å²) in [6.07, 6.45) is 2.96. The highest BCUT2D eigenvalue weighted by Gasteiger charge is 2.08. The molecular formula is C15H20ClN3O. The fourth-order valence-electron chi connectivity index (χ4n) is 2.14. The Kier molecular flexibility index (Phi) is 4.90. The topological polar surface area (TPSA) is 39.1 Å². The molecule has 0 saturated heterocycles. The van der Waals surface area contributed by atoms with E-state index in [9.17, 15) is 0 Å². The van der Waals surface area contributed by atoms with Crippen LogP contribution in [0.25, 0.3) is 0 Å². The minimum atomic E-state index is 0.628. The molecule has 20 heavy (non-hydrogen) atoms. The number of hydrogen-bond donors (Lipinski definition) is 1. The molecule has 0 fully saturated rings. The monoisotopic (exact) mass is 293 g/mol. The lowest BCUT2D eigenvalue weighted by Crippen LogP contribution is -2.04. The number of nitrogens with one attached hydrogen (secondary N) is 1. The van der Waals surface area contributed by atoms with E-state index in [1.165, 1.54) is 5.56 Å². The number of anilines is 1. The van der Waals surface area contributed by atoms with Gasteiger partial charge in [-0.3, -0.25) is 4.68 Å². The number of halogens is 1. The fourth-order valence-corrected chi connectivity index (χ4v) is 2.31. The third-order valence-electron chi connectivity index (χ3n) is 3.04. The minimum absolute atomic E-state index is 0.628. The first-order chi connectivity index (χ1) is 9.63. The molecule has 0 saturated carbocycles. The van der Waals surface area contributed by atoms with Gasteiger partial charge in [0.15, 0.2) is 0 Å². The van der Waals surface area contributed by atoms with Crippen LogP contribution in [0.15, 0.2) is 24.4 Å². The van der Waals surface area contributed by atoms with Crippen LogP contribution in [0.3, 0.4) is 0 Å². The van der Waals surface area contributed by atoms with Crippen LogP contribution in [0.2, 0.25) is 5.02 Å². The standard InChI is InChI=1S/C15H20ClN3O/c1-4-13-11(10-19(3)18-13)9-17-14-8-12(16)6-7-15(14)20-5-2/h6-8,10,17H,4-5,9H2,1-3H3. The van der Waals surface area contributed by atoms with Crippen molar-refractivity contribution < 1.29 is 4.74 Å². The Morgan fingerprint density at radius 2 is 2.15 bits per heavy atom. The average Bonchev–Trinajstić information content (AvgIpc) is 2.79. The van der Waals surface area contributed by atoms with Crippen LogP contribution in [0.5, 0.6) is 5.75 Å². The predicted molar refractivity (Wildman–Crippen MR) is 82.5 cm³/mol. The van der Waals surface area contributed by atoms with Gasteiger partial charge in [-0.25, -0.2) is 0 Å². The third-order valence-corrected chi connectivity index (χ3v) is 3.27. The highest BCUT2D eigenvalue weighted by Crippen LogP contribution is 2.28. The summed E-state index contributed by atoms with van der Waals surface area (Å²) in [5.74, 6) is 0.818. The molecule has 1 N–H and O–H groups in total. The molecule has 0 spiro atoms. The highest BCUT2D eigenvalue weighted by atomic mass is 35.5. The molecule has 108 valence electrons. The molecule has 0 aliphatic carbocycles. The van der Waals surface area contributed by atoms with Crippen molar-refractivity contribution in [1.82, 2.24) is 9.78 Å². The molecule has 0 atom stereocenters. The van der Waals surface area contributed by atoms with Gasteiger partial charge in [0.25, 0.3) is 0 Å². The number of rotatable bonds is 6. The summed E-state index contributed by atoms with van der Waals surface area (Å²) < 4.78 is 7.44. The van der Waals surface area contributed by atoms with Gasteiger partial charge in [-0.2, -0.15) is 5.10 Å². The highest BCUT2D eigenvalue weighted by molar-refractivity contribution is 6.30.